The molecule has 116 valence electrons. The van der Waals surface area contributed by atoms with Crippen molar-refractivity contribution in [3.05, 3.63) is 11.8 Å². The van der Waals surface area contributed by atoms with Crippen molar-refractivity contribution < 1.29 is 4.79 Å². The Labute approximate surface area is 128 Å². The number of nitrogens with one attached hydrogen (secondary N) is 1. The topological polar surface area (TPSA) is 56.1 Å². The number of rotatable bonds is 4. The van der Waals surface area contributed by atoms with Gasteiger partial charge in [-0.1, -0.05) is 38.5 Å². The van der Waals surface area contributed by atoms with Crippen LogP contribution in [0.3, 0.4) is 0 Å². The molecule has 2 fully saturated rings. The summed E-state index contributed by atoms with van der Waals surface area (Å²) in [5.41, 5.74) is 0.244. The maximum absolute atomic E-state index is 12.4. The molecule has 0 aromatic rings. The van der Waals surface area contributed by atoms with Crippen molar-refractivity contribution in [2.45, 2.75) is 76.3 Å². The second kappa shape index (κ2) is 8.07. The Morgan fingerprint density at radius 1 is 1.10 bits per heavy atom. The molecule has 2 aliphatic rings. The predicted octanol–water partition coefficient (Wildman–Crippen LogP) is 3.11. The van der Waals surface area contributed by atoms with Gasteiger partial charge in [-0.05, 0) is 25.7 Å². The molecule has 4 heteroatoms. The molecule has 1 amide bonds. The van der Waals surface area contributed by atoms with Gasteiger partial charge >= 0.3 is 0 Å². The van der Waals surface area contributed by atoms with Crippen LogP contribution in [0.15, 0.2) is 11.8 Å². The molecule has 0 radical (unpaired) electrons. The van der Waals surface area contributed by atoms with Crippen LogP contribution in [0, 0.1) is 11.3 Å². The van der Waals surface area contributed by atoms with Gasteiger partial charge in [-0.2, -0.15) is 5.26 Å². The highest BCUT2D eigenvalue weighted by atomic mass is 16.2. The molecular weight excluding hydrogens is 262 g/mol. The zero-order valence-electron chi connectivity index (χ0n) is 13.1. The first-order valence-corrected chi connectivity index (χ1v) is 8.36. The van der Waals surface area contributed by atoms with E-state index in [1.165, 1.54) is 38.5 Å². The third-order valence-electron chi connectivity index (χ3n) is 4.86. The lowest BCUT2D eigenvalue weighted by Gasteiger charge is -2.31. The fraction of sp³-hybridized carbons (Fsp3) is 0.765. The quantitative estimate of drug-likeness (QED) is 0.639. The van der Waals surface area contributed by atoms with Crippen molar-refractivity contribution in [1.29, 1.82) is 5.26 Å². The van der Waals surface area contributed by atoms with Crippen molar-refractivity contribution in [1.82, 2.24) is 10.2 Å². The largest absolute Gasteiger partial charge is 0.387 e. The van der Waals surface area contributed by atoms with E-state index in [2.05, 4.69) is 11.4 Å². The molecule has 1 N–H and O–H groups in total. The summed E-state index contributed by atoms with van der Waals surface area (Å²) in [5, 5.41) is 12.5. The van der Waals surface area contributed by atoms with Crippen molar-refractivity contribution in [2.24, 2.45) is 0 Å². The first-order chi connectivity index (χ1) is 10.2. The Kier molecular flexibility index (Phi) is 6.10. The molecule has 21 heavy (non-hydrogen) atoms. The highest BCUT2D eigenvalue weighted by Gasteiger charge is 2.24. The van der Waals surface area contributed by atoms with Crippen LogP contribution in [0.1, 0.15) is 64.2 Å². The molecule has 0 heterocycles. The molecule has 0 bridgehead atoms. The Hall–Kier alpha value is -1.50. The van der Waals surface area contributed by atoms with Gasteiger partial charge in [0.05, 0.1) is 0 Å². The van der Waals surface area contributed by atoms with Crippen LogP contribution in [0.4, 0.5) is 0 Å². The highest BCUT2D eigenvalue weighted by molar-refractivity contribution is 5.97. The summed E-state index contributed by atoms with van der Waals surface area (Å²) in [4.78, 5) is 14.2. The minimum Gasteiger partial charge on any atom is -0.387 e. The van der Waals surface area contributed by atoms with Crippen LogP contribution in [0.25, 0.3) is 0 Å². The first kappa shape index (κ1) is 15.9. The van der Waals surface area contributed by atoms with E-state index < -0.39 is 0 Å². The average Bonchev–Trinajstić information content (AvgIpc) is 2.56. The zero-order valence-corrected chi connectivity index (χ0v) is 13.1. The zero-order chi connectivity index (χ0) is 15.1. The second-order valence-corrected chi connectivity index (χ2v) is 6.38. The van der Waals surface area contributed by atoms with Gasteiger partial charge < -0.3 is 10.2 Å². The Morgan fingerprint density at radius 3 is 2.24 bits per heavy atom. The molecule has 0 aromatic heterocycles. The number of likely N-dealkylation sites (N-methyl/N-ethyl adjacent to an activating group) is 1. The van der Waals surface area contributed by atoms with Crippen molar-refractivity contribution in [3.8, 4) is 6.07 Å². The number of nitrogens with zero attached hydrogens (tertiary/aromatic N) is 2. The Balaban J connectivity index is 1.91. The van der Waals surface area contributed by atoms with Crippen LogP contribution in [-0.4, -0.2) is 29.9 Å². The molecule has 2 rings (SSSR count). The number of hydrogen-bond donors (Lipinski definition) is 1. The summed E-state index contributed by atoms with van der Waals surface area (Å²) in [6.45, 7) is 0. The number of amides is 1. The van der Waals surface area contributed by atoms with E-state index in [1.807, 2.05) is 7.05 Å². The summed E-state index contributed by atoms with van der Waals surface area (Å²) in [5.74, 6) is -0.132. The lowest BCUT2D eigenvalue weighted by Crippen LogP contribution is -2.39. The van der Waals surface area contributed by atoms with Crippen molar-refractivity contribution in [2.75, 3.05) is 7.05 Å². The van der Waals surface area contributed by atoms with E-state index in [1.54, 1.807) is 11.1 Å². The summed E-state index contributed by atoms with van der Waals surface area (Å²) in [6, 6.07) is 2.80. The summed E-state index contributed by atoms with van der Waals surface area (Å²) in [6.07, 6.45) is 13.5. The predicted molar refractivity (Wildman–Crippen MR) is 83.3 cm³/mol. The van der Waals surface area contributed by atoms with Crippen LogP contribution in [0.2, 0.25) is 0 Å². The Morgan fingerprint density at radius 2 is 1.67 bits per heavy atom. The van der Waals surface area contributed by atoms with Gasteiger partial charge in [0.15, 0.2) is 0 Å². The standard InChI is InChI=1S/C17H27N3O/c1-20(16-10-6-3-7-11-16)17(21)14(12-18)13-19-15-8-4-2-5-9-15/h13,15-16,19H,2-11H2,1H3/b14-13-. The molecular formula is C17H27N3O. The Bertz CT molecular complexity index is 412. The molecule has 4 nitrogen and oxygen atoms in total. The van der Waals surface area contributed by atoms with E-state index in [9.17, 15) is 10.1 Å². The van der Waals surface area contributed by atoms with Crippen LogP contribution in [0.5, 0.6) is 0 Å². The molecule has 2 aliphatic carbocycles. The smallest absolute Gasteiger partial charge is 0.265 e. The highest BCUT2D eigenvalue weighted by Crippen LogP contribution is 2.22. The lowest BCUT2D eigenvalue weighted by atomic mass is 9.94. The van der Waals surface area contributed by atoms with Crippen molar-refractivity contribution in [3.63, 3.8) is 0 Å². The first-order valence-electron chi connectivity index (χ1n) is 8.36. The van der Waals surface area contributed by atoms with E-state index in [0.717, 1.165) is 25.7 Å². The minimum absolute atomic E-state index is 0.132. The third-order valence-corrected chi connectivity index (χ3v) is 4.86. The summed E-state index contributed by atoms with van der Waals surface area (Å²) < 4.78 is 0. The third kappa shape index (κ3) is 4.49. The van der Waals surface area contributed by atoms with E-state index in [-0.39, 0.29) is 11.5 Å². The van der Waals surface area contributed by atoms with E-state index in [0.29, 0.717) is 12.1 Å². The molecule has 0 unspecified atom stereocenters. The molecule has 0 spiro atoms. The SMILES string of the molecule is CN(C(=O)/C(C#N)=C\NC1CCCCC1)C1CCCCC1. The fourth-order valence-corrected chi connectivity index (χ4v) is 3.44. The van der Waals surface area contributed by atoms with Gasteiger partial charge in [0.25, 0.3) is 5.91 Å². The number of carbonyl (C=O) groups excluding carboxylic acids is 1. The van der Waals surface area contributed by atoms with Crippen LogP contribution in [-0.2, 0) is 4.79 Å². The summed E-state index contributed by atoms with van der Waals surface area (Å²) >= 11 is 0. The summed E-state index contributed by atoms with van der Waals surface area (Å²) in [7, 11) is 1.84. The average molecular weight is 289 g/mol. The number of carbonyl (C=O) groups is 1. The van der Waals surface area contributed by atoms with Crippen LogP contribution < -0.4 is 5.32 Å². The normalized spacial score (nSPS) is 21.6. The second-order valence-electron chi connectivity index (χ2n) is 6.38. The van der Waals surface area contributed by atoms with E-state index >= 15 is 0 Å². The van der Waals surface area contributed by atoms with Gasteiger partial charge in [-0.15, -0.1) is 0 Å². The maximum atomic E-state index is 12.4. The van der Waals surface area contributed by atoms with Gasteiger partial charge in [0.1, 0.15) is 11.6 Å². The van der Waals surface area contributed by atoms with Gasteiger partial charge in [-0.25, -0.2) is 0 Å². The fourth-order valence-electron chi connectivity index (χ4n) is 3.44. The van der Waals surface area contributed by atoms with Crippen LogP contribution >= 0.6 is 0 Å². The van der Waals surface area contributed by atoms with Gasteiger partial charge in [-0.3, -0.25) is 4.79 Å². The molecule has 0 aliphatic heterocycles. The van der Waals surface area contributed by atoms with Gasteiger partial charge in [0, 0.05) is 25.3 Å². The molecule has 0 saturated heterocycles. The molecule has 2 saturated carbocycles. The molecule has 0 aromatic carbocycles. The lowest BCUT2D eigenvalue weighted by molar-refractivity contribution is -0.128. The minimum atomic E-state index is -0.132. The number of hydrogen-bond acceptors (Lipinski definition) is 3. The molecule has 0 atom stereocenters. The van der Waals surface area contributed by atoms with Gasteiger partial charge in [0.2, 0.25) is 0 Å². The van der Waals surface area contributed by atoms with E-state index in [4.69, 9.17) is 0 Å². The maximum Gasteiger partial charge on any atom is 0.265 e. The van der Waals surface area contributed by atoms with Crippen molar-refractivity contribution >= 4 is 5.91 Å². The number of nitriles is 1. The monoisotopic (exact) mass is 289 g/mol.